The van der Waals surface area contributed by atoms with Crippen molar-refractivity contribution in [2.45, 2.75) is 6.54 Å². The number of benzene rings is 3. The summed E-state index contributed by atoms with van der Waals surface area (Å²) in [5.41, 5.74) is 5.71. The normalized spacial score (nSPS) is 15.6. The predicted molar refractivity (Wildman–Crippen MR) is 145 cm³/mol. The number of anilines is 3. The molecule has 0 aliphatic carbocycles. The van der Waals surface area contributed by atoms with Gasteiger partial charge in [0.2, 0.25) is 5.95 Å². The number of aromatic nitrogens is 2. The molecular formula is C27H29N6O2S-. The van der Waals surface area contributed by atoms with Gasteiger partial charge in [-0.2, -0.15) is 0 Å². The fourth-order valence-electron chi connectivity index (χ4n) is 4.37. The molecule has 1 aromatic heterocycles. The Morgan fingerprint density at radius 2 is 1.72 bits per heavy atom. The van der Waals surface area contributed by atoms with E-state index in [1.54, 1.807) is 24.3 Å². The highest BCUT2D eigenvalue weighted by molar-refractivity contribution is 7.80. The van der Waals surface area contributed by atoms with Crippen LogP contribution in [-0.2, 0) is 17.8 Å². The number of hydrogen-bond acceptors (Lipinski definition) is 7. The molecule has 36 heavy (non-hydrogen) atoms. The number of likely N-dealkylation sites (N-methyl/N-ethyl adjacent to an activating group) is 1. The smallest absolute Gasteiger partial charge is 0.227 e. The lowest BCUT2D eigenvalue weighted by molar-refractivity contribution is 0.148. The van der Waals surface area contributed by atoms with Crippen LogP contribution in [0.25, 0.3) is 22.0 Å². The lowest BCUT2D eigenvalue weighted by Gasteiger charge is -2.32. The number of para-hydroxylation sites is 1. The van der Waals surface area contributed by atoms with Crippen LogP contribution < -0.4 is 9.62 Å². The first-order valence-corrected chi connectivity index (χ1v) is 13.0. The molecule has 5 rings (SSSR count). The first kappa shape index (κ1) is 24.3. The topological polar surface area (TPSA) is 87.7 Å². The number of nitrogens with one attached hydrogen (secondary N) is 1. The van der Waals surface area contributed by atoms with Crippen LogP contribution in [0.15, 0.2) is 72.9 Å². The maximum Gasteiger partial charge on any atom is 0.227 e. The van der Waals surface area contributed by atoms with Crippen molar-refractivity contribution in [2.75, 3.05) is 49.9 Å². The van der Waals surface area contributed by atoms with Crippen molar-refractivity contribution in [3.05, 3.63) is 78.5 Å². The largest absolute Gasteiger partial charge is 0.755 e. The zero-order chi connectivity index (χ0) is 25.1. The second-order valence-electron chi connectivity index (χ2n) is 9.10. The van der Waals surface area contributed by atoms with E-state index in [9.17, 15) is 8.76 Å². The van der Waals surface area contributed by atoms with Crippen LogP contribution in [0, 0.1) is 0 Å². The van der Waals surface area contributed by atoms with Gasteiger partial charge < -0.3 is 19.1 Å². The van der Waals surface area contributed by atoms with Crippen molar-refractivity contribution in [1.82, 2.24) is 19.8 Å². The van der Waals surface area contributed by atoms with E-state index in [4.69, 9.17) is 4.98 Å². The SMILES string of the molecule is CN1CCN(Cc2ccc(-c3cccc4cnc(Nc5ccc(N(C)S(=O)[O-])cc5)nc34)cc2)CC1. The first-order valence-electron chi connectivity index (χ1n) is 11.9. The third-order valence-electron chi connectivity index (χ3n) is 6.59. The molecule has 8 nitrogen and oxygen atoms in total. The molecule has 186 valence electrons. The van der Waals surface area contributed by atoms with Gasteiger partial charge in [-0.3, -0.25) is 9.11 Å². The summed E-state index contributed by atoms with van der Waals surface area (Å²) >= 11 is -2.31. The number of rotatable bonds is 7. The van der Waals surface area contributed by atoms with Crippen molar-refractivity contribution in [3.8, 4) is 11.1 Å². The molecule has 1 N–H and O–H groups in total. The molecule has 0 radical (unpaired) electrons. The van der Waals surface area contributed by atoms with Crippen molar-refractivity contribution >= 4 is 39.5 Å². The van der Waals surface area contributed by atoms with Crippen LogP contribution in [0.1, 0.15) is 5.56 Å². The molecule has 1 saturated heterocycles. The summed E-state index contributed by atoms with van der Waals surface area (Å²) in [5, 5.41) is 4.19. The average molecular weight is 502 g/mol. The van der Waals surface area contributed by atoms with Crippen molar-refractivity contribution in [2.24, 2.45) is 0 Å². The highest BCUT2D eigenvalue weighted by Gasteiger charge is 2.14. The van der Waals surface area contributed by atoms with Crippen LogP contribution in [-0.4, -0.2) is 68.8 Å². The Morgan fingerprint density at radius 1 is 1.00 bits per heavy atom. The number of fused-ring (bicyclic) bond motifs is 1. The number of hydrogen-bond donors (Lipinski definition) is 1. The zero-order valence-corrected chi connectivity index (χ0v) is 21.2. The van der Waals surface area contributed by atoms with E-state index in [-0.39, 0.29) is 0 Å². The van der Waals surface area contributed by atoms with Gasteiger partial charge in [0.05, 0.1) is 5.52 Å². The van der Waals surface area contributed by atoms with Crippen LogP contribution in [0.5, 0.6) is 0 Å². The molecular weight excluding hydrogens is 472 g/mol. The summed E-state index contributed by atoms with van der Waals surface area (Å²) in [7, 11) is 3.68. The van der Waals surface area contributed by atoms with E-state index in [0.717, 1.165) is 60.4 Å². The summed E-state index contributed by atoms with van der Waals surface area (Å²) in [6.45, 7) is 5.41. The van der Waals surface area contributed by atoms with Gasteiger partial charge in [0.15, 0.2) is 0 Å². The standard InChI is InChI=1S/C27H30N6O2S/c1-31-14-16-33(17-15-31)19-20-6-8-21(9-7-20)25-5-3-4-22-18-28-27(30-26(22)25)29-23-10-12-24(13-11-23)32(2)36(34)35/h3-13,18H,14-17,19H2,1-2H3,(H,34,35)(H,28,29,30)/p-1. The lowest BCUT2D eigenvalue weighted by Crippen LogP contribution is -2.43. The van der Waals surface area contributed by atoms with E-state index < -0.39 is 11.3 Å². The molecule has 0 saturated carbocycles. The van der Waals surface area contributed by atoms with Gasteiger partial charge in [-0.25, -0.2) is 9.97 Å². The minimum absolute atomic E-state index is 0.482. The minimum Gasteiger partial charge on any atom is -0.755 e. The molecule has 1 fully saturated rings. The van der Waals surface area contributed by atoms with E-state index in [1.807, 2.05) is 18.3 Å². The molecule has 4 aromatic rings. The van der Waals surface area contributed by atoms with Gasteiger partial charge in [0.1, 0.15) is 0 Å². The second-order valence-corrected chi connectivity index (χ2v) is 10.1. The van der Waals surface area contributed by atoms with E-state index in [1.165, 1.54) is 16.9 Å². The van der Waals surface area contributed by atoms with Crippen LogP contribution in [0.2, 0.25) is 0 Å². The van der Waals surface area contributed by atoms with E-state index >= 15 is 0 Å². The summed E-state index contributed by atoms with van der Waals surface area (Å²) in [6, 6.07) is 22.0. The molecule has 1 atom stereocenters. The molecule has 3 aromatic carbocycles. The molecule has 1 aliphatic heterocycles. The molecule has 0 spiro atoms. The maximum absolute atomic E-state index is 11.2. The highest BCUT2D eigenvalue weighted by atomic mass is 32.2. The first-order chi connectivity index (χ1) is 17.5. The summed E-state index contributed by atoms with van der Waals surface area (Å²) in [5.74, 6) is 0.482. The van der Waals surface area contributed by atoms with Crippen molar-refractivity contribution in [3.63, 3.8) is 0 Å². The Hall–Kier alpha value is -3.37. The van der Waals surface area contributed by atoms with Crippen molar-refractivity contribution in [1.29, 1.82) is 0 Å². The third kappa shape index (κ3) is 5.55. The zero-order valence-electron chi connectivity index (χ0n) is 20.4. The fraction of sp³-hybridized carbons (Fsp3) is 0.259. The number of piperazine rings is 1. The van der Waals surface area contributed by atoms with Gasteiger partial charge in [-0.1, -0.05) is 42.5 Å². The number of nitrogens with zero attached hydrogens (tertiary/aromatic N) is 5. The fourth-order valence-corrected chi connectivity index (χ4v) is 4.67. The van der Waals surface area contributed by atoms with Gasteiger partial charge in [0.25, 0.3) is 0 Å². The Morgan fingerprint density at radius 3 is 2.42 bits per heavy atom. The van der Waals surface area contributed by atoms with Gasteiger partial charge in [-0.05, 0) is 42.4 Å². The monoisotopic (exact) mass is 501 g/mol. The van der Waals surface area contributed by atoms with Crippen molar-refractivity contribution < 1.29 is 8.76 Å². The average Bonchev–Trinajstić information content (AvgIpc) is 2.90. The molecule has 0 bridgehead atoms. The Labute approximate surface area is 214 Å². The van der Waals surface area contributed by atoms with Crippen LogP contribution in [0.4, 0.5) is 17.3 Å². The predicted octanol–water partition coefficient (Wildman–Crippen LogP) is 4.02. The molecule has 1 aliphatic rings. The molecule has 2 heterocycles. The highest BCUT2D eigenvalue weighted by Crippen LogP contribution is 2.29. The van der Waals surface area contributed by atoms with Gasteiger partial charge in [-0.15, -0.1) is 0 Å². The third-order valence-corrected chi connectivity index (χ3v) is 7.25. The molecule has 9 heteroatoms. The van der Waals surface area contributed by atoms with Crippen LogP contribution >= 0.6 is 0 Å². The lowest BCUT2D eigenvalue weighted by atomic mass is 10.0. The van der Waals surface area contributed by atoms with E-state index in [0.29, 0.717) is 11.6 Å². The Balaban J connectivity index is 1.35. The molecule has 0 amide bonds. The van der Waals surface area contributed by atoms with Gasteiger partial charge >= 0.3 is 0 Å². The van der Waals surface area contributed by atoms with Crippen LogP contribution in [0.3, 0.4) is 0 Å². The Bertz CT molecular complexity index is 1360. The van der Waals surface area contributed by atoms with Gasteiger partial charge in [0, 0.05) is 79.6 Å². The molecule has 1 unspecified atom stereocenters. The minimum atomic E-state index is -2.31. The summed E-state index contributed by atoms with van der Waals surface area (Å²) < 4.78 is 23.5. The quantitative estimate of drug-likeness (QED) is 0.383. The summed E-state index contributed by atoms with van der Waals surface area (Å²) in [4.78, 5) is 14.2. The second kappa shape index (κ2) is 10.7. The maximum atomic E-state index is 11.2. The van der Waals surface area contributed by atoms with E-state index in [2.05, 4.69) is 57.5 Å². The Kier molecular flexibility index (Phi) is 7.24. The summed E-state index contributed by atoms with van der Waals surface area (Å²) in [6.07, 6.45) is 1.82.